The number of methoxy groups -OCH3 is 2. The number of ether oxygens (including phenoxy) is 2. The van der Waals surface area contributed by atoms with Crippen LogP contribution in [0.15, 0.2) is 30.6 Å². The maximum Gasteiger partial charge on any atom is 0.237 e. The number of benzene rings is 1. The van der Waals surface area contributed by atoms with Crippen molar-refractivity contribution in [1.82, 2.24) is 9.97 Å². The van der Waals surface area contributed by atoms with E-state index in [0.717, 1.165) is 28.2 Å². The molecule has 0 aliphatic carbocycles. The van der Waals surface area contributed by atoms with Crippen LogP contribution in [0.4, 0.5) is 5.69 Å². The fourth-order valence-electron chi connectivity index (χ4n) is 3.33. The highest BCUT2D eigenvalue weighted by Gasteiger charge is 2.44. The number of amides is 1. The van der Waals surface area contributed by atoms with Crippen molar-refractivity contribution in [3.05, 3.63) is 42.0 Å². The van der Waals surface area contributed by atoms with Crippen molar-refractivity contribution in [3.8, 4) is 11.1 Å². The van der Waals surface area contributed by atoms with E-state index in [4.69, 9.17) is 9.47 Å². The first kappa shape index (κ1) is 18.5. The molecule has 0 spiro atoms. The number of carbonyl (C=O) groups excluding carboxylic acids is 1. The van der Waals surface area contributed by atoms with Crippen LogP contribution < -0.4 is 4.90 Å². The minimum Gasteiger partial charge on any atom is -0.382 e. The van der Waals surface area contributed by atoms with Crippen molar-refractivity contribution >= 4 is 11.6 Å². The molecule has 0 fully saturated rings. The van der Waals surface area contributed by atoms with Gasteiger partial charge < -0.3 is 14.4 Å². The SMILES string of the molecule is COCC(CN1C(=O)C(C)(C)c2ccc(-c3cnc(C)nc3)cc21)OC. The molecular formula is C20H25N3O3. The third kappa shape index (κ3) is 3.22. The lowest BCUT2D eigenvalue weighted by atomic mass is 9.85. The van der Waals surface area contributed by atoms with E-state index in [0.29, 0.717) is 13.2 Å². The molecule has 0 saturated carbocycles. The molecule has 0 bridgehead atoms. The van der Waals surface area contributed by atoms with Gasteiger partial charge >= 0.3 is 0 Å². The van der Waals surface area contributed by atoms with Gasteiger partial charge in [-0.25, -0.2) is 9.97 Å². The number of anilines is 1. The molecule has 6 heteroatoms. The Balaban J connectivity index is 2.01. The minimum atomic E-state index is -0.566. The molecule has 6 nitrogen and oxygen atoms in total. The van der Waals surface area contributed by atoms with Gasteiger partial charge in [-0.15, -0.1) is 0 Å². The van der Waals surface area contributed by atoms with Crippen LogP contribution >= 0.6 is 0 Å². The number of fused-ring (bicyclic) bond motifs is 1. The fourth-order valence-corrected chi connectivity index (χ4v) is 3.33. The lowest BCUT2D eigenvalue weighted by Gasteiger charge is -2.25. The fraction of sp³-hybridized carbons (Fsp3) is 0.450. The van der Waals surface area contributed by atoms with Crippen molar-refractivity contribution in [2.24, 2.45) is 0 Å². The van der Waals surface area contributed by atoms with Crippen LogP contribution in [-0.4, -0.2) is 49.4 Å². The molecule has 1 aromatic heterocycles. The summed E-state index contributed by atoms with van der Waals surface area (Å²) < 4.78 is 10.7. The number of nitrogens with zero attached hydrogens (tertiary/aromatic N) is 3. The van der Waals surface area contributed by atoms with E-state index < -0.39 is 5.41 Å². The second kappa shape index (κ2) is 7.13. The van der Waals surface area contributed by atoms with Crippen molar-refractivity contribution < 1.29 is 14.3 Å². The third-order valence-corrected chi connectivity index (χ3v) is 4.93. The molecule has 1 amide bonds. The molecule has 3 rings (SSSR count). The Hall–Kier alpha value is -2.31. The summed E-state index contributed by atoms with van der Waals surface area (Å²) in [6, 6.07) is 6.09. The maximum absolute atomic E-state index is 13.0. The van der Waals surface area contributed by atoms with E-state index >= 15 is 0 Å². The Bertz CT molecular complexity index is 802. The highest BCUT2D eigenvalue weighted by Crippen LogP contribution is 2.43. The predicted molar refractivity (Wildman–Crippen MR) is 100 cm³/mol. The molecule has 1 atom stereocenters. The zero-order valence-electron chi connectivity index (χ0n) is 15.9. The van der Waals surface area contributed by atoms with Crippen LogP contribution in [0.5, 0.6) is 0 Å². The van der Waals surface area contributed by atoms with Crippen LogP contribution in [0.3, 0.4) is 0 Å². The second-order valence-electron chi connectivity index (χ2n) is 7.10. The zero-order chi connectivity index (χ0) is 18.9. The molecule has 1 unspecified atom stereocenters. The molecule has 1 aliphatic heterocycles. The maximum atomic E-state index is 13.0. The van der Waals surface area contributed by atoms with Crippen LogP contribution in [0, 0.1) is 6.92 Å². The van der Waals surface area contributed by atoms with Gasteiger partial charge in [0.15, 0.2) is 0 Å². The normalized spacial score (nSPS) is 16.7. The van der Waals surface area contributed by atoms with Crippen LogP contribution in [0.1, 0.15) is 25.2 Å². The highest BCUT2D eigenvalue weighted by molar-refractivity contribution is 6.08. The Morgan fingerprint density at radius 1 is 1.15 bits per heavy atom. The highest BCUT2D eigenvalue weighted by atomic mass is 16.5. The number of aromatic nitrogens is 2. The standard InChI is InChI=1S/C20H25N3O3/c1-13-21-9-15(10-22-13)14-6-7-17-18(8-14)23(19(24)20(17,2)3)11-16(26-5)12-25-4/h6-10,16H,11-12H2,1-5H3. The molecule has 1 aliphatic rings. The number of aryl methyl sites for hydroxylation is 1. The monoisotopic (exact) mass is 355 g/mol. The van der Waals surface area contributed by atoms with Gasteiger partial charge in [-0.05, 0) is 38.0 Å². The van der Waals surface area contributed by atoms with Crippen LogP contribution in [0.2, 0.25) is 0 Å². The largest absolute Gasteiger partial charge is 0.382 e. The lowest BCUT2D eigenvalue weighted by molar-refractivity contribution is -0.122. The Morgan fingerprint density at radius 2 is 1.85 bits per heavy atom. The van der Waals surface area contributed by atoms with Gasteiger partial charge in [0.25, 0.3) is 0 Å². The molecule has 138 valence electrons. The average molecular weight is 355 g/mol. The van der Waals surface area contributed by atoms with Gasteiger partial charge in [-0.3, -0.25) is 4.79 Å². The smallest absolute Gasteiger partial charge is 0.237 e. The first-order chi connectivity index (χ1) is 12.4. The Labute approximate surface area is 154 Å². The van der Waals surface area contributed by atoms with Gasteiger partial charge in [0.05, 0.1) is 24.7 Å². The molecule has 26 heavy (non-hydrogen) atoms. The van der Waals surface area contributed by atoms with Crippen molar-refractivity contribution in [3.63, 3.8) is 0 Å². The summed E-state index contributed by atoms with van der Waals surface area (Å²) in [5, 5.41) is 0. The lowest BCUT2D eigenvalue weighted by Crippen LogP contribution is -2.42. The van der Waals surface area contributed by atoms with Crippen molar-refractivity contribution in [2.75, 3.05) is 32.3 Å². The third-order valence-electron chi connectivity index (χ3n) is 4.93. The summed E-state index contributed by atoms with van der Waals surface area (Å²) in [5.41, 5.74) is 3.28. The number of carbonyl (C=O) groups is 1. The van der Waals surface area contributed by atoms with Crippen LogP contribution in [-0.2, 0) is 19.7 Å². The quantitative estimate of drug-likeness (QED) is 0.797. The topological polar surface area (TPSA) is 64.5 Å². The number of rotatable bonds is 6. The van der Waals surface area contributed by atoms with E-state index in [1.165, 1.54) is 0 Å². The van der Waals surface area contributed by atoms with E-state index in [1.807, 2.05) is 39.0 Å². The van der Waals surface area contributed by atoms with Crippen molar-refractivity contribution in [2.45, 2.75) is 32.3 Å². The summed E-state index contributed by atoms with van der Waals surface area (Å²) in [6.07, 6.45) is 3.43. The van der Waals surface area contributed by atoms with Gasteiger partial charge in [-0.2, -0.15) is 0 Å². The summed E-state index contributed by atoms with van der Waals surface area (Å²) in [4.78, 5) is 23.4. The first-order valence-electron chi connectivity index (χ1n) is 8.65. The van der Waals surface area contributed by atoms with Gasteiger partial charge in [0, 0.05) is 37.9 Å². The molecule has 2 aromatic rings. The number of hydrogen-bond acceptors (Lipinski definition) is 5. The van der Waals surface area contributed by atoms with Gasteiger partial charge in [0.1, 0.15) is 5.82 Å². The molecule has 2 heterocycles. The minimum absolute atomic E-state index is 0.0722. The number of hydrogen-bond donors (Lipinski definition) is 0. The molecule has 0 N–H and O–H groups in total. The van der Waals surface area contributed by atoms with Crippen LogP contribution in [0.25, 0.3) is 11.1 Å². The van der Waals surface area contributed by atoms with E-state index in [-0.39, 0.29) is 12.0 Å². The molecule has 0 radical (unpaired) electrons. The molecular weight excluding hydrogens is 330 g/mol. The van der Waals surface area contributed by atoms with E-state index in [1.54, 1.807) is 31.5 Å². The van der Waals surface area contributed by atoms with E-state index in [2.05, 4.69) is 9.97 Å². The second-order valence-corrected chi connectivity index (χ2v) is 7.10. The first-order valence-corrected chi connectivity index (χ1v) is 8.65. The van der Waals surface area contributed by atoms with Crippen molar-refractivity contribution in [1.29, 1.82) is 0 Å². The van der Waals surface area contributed by atoms with E-state index in [9.17, 15) is 4.79 Å². The van der Waals surface area contributed by atoms with Gasteiger partial charge in [-0.1, -0.05) is 12.1 Å². The summed E-state index contributed by atoms with van der Waals surface area (Å²) in [6.45, 7) is 6.66. The summed E-state index contributed by atoms with van der Waals surface area (Å²) in [5.74, 6) is 0.804. The summed E-state index contributed by atoms with van der Waals surface area (Å²) in [7, 11) is 3.27. The zero-order valence-corrected chi connectivity index (χ0v) is 15.9. The Morgan fingerprint density at radius 3 is 2.46 bits per heavy atom. The molecule has 0 saturated heterocycles. The molecule has 1 aromatic carbocycles. The summed E-state index contributed by atoms with van der Waals surface area (Å²) >= 11 is 0. The Kier molecular flexibility index (Phi) is 5.07. The predicted octanol–water partition coefficient (Wildman–Crippen LogP) is 2.74. The average Bonchev–Trinajstić information content (AvgIpc) is 2.82. The van der Waals surface area contributed by atoms with Gasteiger partial charge in [0.2, 0.25) is 5.91 Å².